The van der Waals surface area contributed by atoms with Gasteiger partial charge in [0, 0.05) is 6.54 Å². The summed E-state index contributed by atoms with van der Waals surface area (Å²) in [6, 6.07) is 10.4. The molecule has 0 aliphatic carbocycles. The van der Waals surface area contributed by atoms with Gasteiger partial charge in [0.1, 0.15) is 5.82 Å². The number of benzene rings is 1. The van der Waals surface area contributed by atoms with Gasteiger partial charge in [0.2, 0.25) is 0 Å². The lowest BCUT2D eigenvalue weighted by atomic mass is 10.1. The maximum absolute atomic E-state index is 6.01. The molecule has 2 aromatic rings. The van der Waals surface area contributed by atoms with E-state index in [0.717, 1.165) is 24.4 Å². The summed E-state index contributed by atoms with van der Waals surface area (Å²) in [5.41, 5.74) is 8.28. The molecular formula is C14H17N3. The Kier molecular flexibility index (Phi) is 3.60. The number of nitrogens with two attached hydrogens (primary N) is 1. The number of anilines is 1. The van der Waals surface area contributed by atoms with Crippen LogP contribution in [0.5, 0.6) is 0 Å². The molecule has 1 aromatic heterocycles. The highest BCUT2D eigenvalue weighted by atomic mass is 15.1. The Morgan fingerprint density at radius 2 is 2.00 bits per heavy atom. The first-order chi connectivity index (χ1) is 8.31. The molecule has 0 aliphatic rings. The molecule has 17 heavy (non-hydrogen) atoms. The third-order valence-corrected chi connectivity index (χ3v) is 2.78. The van der Waals surface area contributed by atoms with Gasteiger partial charge in [-0.15, -0.1) is 6.58 Å². The Hall–Kier alpha value is -2.03. The topological polar surface area (TPSA) is 43.8 Å². The molecule has 0 radical (unpaired) electrons. The summed E-state index contributed by atoms with van der Waals surface area (Å²) in [5, 5.41) is 0. The molecule has 0 bridgehead atoms. The zero-order valence-corrected chi connectivity index (χ0v) is 9.84. The van der Waals surface area contributed by atoms with Crippen molar-refractivity contribution in [2.24, 2.45) is 0 Å². The van der Waals surface area contributed by atoms with Gasteiger partial charge in [-0.25, -0.2) is 4.98 Å². The predicted molar refractivity (Wildman–Crippen MR) is 70.7 cm³/mol. The summed E-state index contributed by atoms with van der Waals surface area (Å²) in [4.78, 5) is 4.34. The van der Waals surface area contributed by atoms with Crippen molar-refractivity contribution in [2.75, 3.05) is 5.73 Å². The van der Waals surface area contributed by atoms with Crippen LogP contribution in [0.3, 0.4) is 0 Å². The van der Waals surface area contributed by atoms with E-state index >= 15 is 0 Å². The molecule has 2 rings (SSSR count). The number of hydrogen-bond acceptors (Lipinski definition) is 2. The maximum Gasteiger partial charge on any atom is 0.126 e. The summed E-state index contributed by atoms with van der Waals surface area (Å²) in [7, 11) is 0. The molecule has 2 N–H and O–H groups in total. The molecule has 0 amide bonds. The molecule has 0 atom stereocenters. The fourth-order valence-electron chi connectivity index (χ4n) is 1.82. The molecule has 1 heterocycles. The number of hydrogen-bond donors (Lipinski definition) is 1. The van der Waals surface area contributed by atoms with Crippen LogP contribution in [0.4, 0.5) is 5.82 Å². The largest absolute Gasteiger partial charge is 0.384 e. The highest BCUT2D eigenvalue weighted by Crippen LogP contribution is 2.13. The van der Waals surface area contributed by atoms with Crippen molar-refractivity contribution in [3.8, 4) is 0 Å². The van der Waals surface area contributed by atoms with Crippen LogP contribution in [-0.4, -0.2) is 9.55 Å². The second-order valence-corrected chi connectivity index (χ2v) is 4.00. The van der Waals surface area contributed by atoms with E-state index in [9.17, 15) is 0 Å². The molecule has 0 spiro atoms. The first-order valence-electron chi connectivity index (χ1n) is 5.75. The van der Waals surface area contributed by atoms with E-state index in [0.29, 0.717) is 6.54 Å². The Morgan fingerprint density at radius 3 is 2.71 bits per heavy atom. The summed E-state index contributed by atoms with van der Waals surface area (Å²) >= 11 is 0. The number of allylic oxidation sites excluding steroid dienone is 1. The second-order valence-electron chi connectivity index (χ2n) is 4.00. The highest BCUT2D eigenvalue weighted by Gasteiger charge is 2.06. The van der Waals surface area contributed by atoms with Gasteiger partial charge in [-0.3, -0.25) is 0 Å². The van der Waals surface area contributed by atoms with Gasteiger partial charge >= 0.3 is 0 Å². The van der Waals surface area contributed by atoms with Gasteiger partial charge in [-0.1, -0.05) is 36.4 Å². The van der Waals surface area contributed by atoms with E-state index in [-0.39, 0.29) is 0 Å². The first kappa shape index (κ1) is 11.5. The lowest BCUT2D eigenvalue weighted by molar-refractivity contribution is 0.832. The summed E-state index contributed by atoms with van der Waals surface area (Å²) < 4.78 is 1.91. The Labute approximate surface area is 102 Å². The van der Waals surface area contributed by atoms with Crippen LogP contribution in [-0.2, 0) is 19.4 Å². The van der Waals surface area contributed by atoms with Gasteiger partial charge in [0.25, 0.3) is 0 Å². The van der Waals surface area contributed by atoms with E-state index in [2.05, 4.69) is 35.8 Å². The molecule has 88 valence electrons. The number of aryl methyl sites for hydroxylation is 2. The van der Waals surface area contributed by atoms with E-state index < -0.39 is 0 Å². The Bertz CT molecular complexity index is 485. The Balaban J connectivity index is 2.02. The summed E-state index contributed by atoms with van der Waals surface area (Å²) in [6.45, 7) is 4.41. The smallest absolute Gasteiger partial charge is 0.126 e. The van der Waals surface area contributed by atoms with Crippen molar-refractivity contribution in [2.45, 2.75) is 19.4 Å². The first-order valence-corrected chi connectivity index (χ1v) is 5.75. The molecule has 0 saturated carbocycles. The Morgan fingerprint density at radius 1 is 1.24 bits per heavy atom. The quantitative estimate of drug-likeness (QED) is 0.797. The third-order valence-electron chi connectivity index (χ3n) is 2.78. The van der Waals surface area contributed by atoms with E-state index in [1.165, 1.54) is 5.56 Å². The minimum absolute atomic E-state index is 0.712. The lowest BCUT2D eigenvalue weighted by Crippen LogP contribution is -2.02. The van der Waals surface area contributed by atoms with Crippen LogP contribution in [0.2, 0.25) is 0 Å². The van der Waals surface area contributed by atoms with Gasteiger partial charge in [0.15, 0.2) is 0 Å². The normalized spacial score (nSPS) is 10.4. The van der Waals surface area contributed by atoms with Gasteiger partial charge < -0.3 is 10.3 Å². The average molecular weight is 227 g/mol. The van der Waals surface area contributed by atoms with Crippen molar-refractivity contribution in [3.63, 3.8) is 0 Å². The predicted octanol–water partition coefficient (Wildman–Crippen LogP) is 2.44. The van der Waals surface area contributed by atoms with Gasteiger partial charge in [0.05, 0.1) is 12.0 Å². The molecule has 0 fully saturated rings. The van der Waals surface area contributed by atoms with Crippen molar-refractivity contribution in [3.05, 3.63) is 60.6 Å². The minimum Gasteiger partial charge on any atom is -0.384 e. The third kappa shape index (κ3) is 2.75. The number of nitrogen functional groups attached to an aromatic ring is 1. The van der Waals surface area contributed by atoms with Gasteiger partial charge in [-0.2, -0.15) is 0 Å². The minimum atomic E-state index is 0.712. The average Bonchev–Trinajstić information content (AvgIpc) is 2.70. The van der Waals surface area contributed by atoms with E-state index in [1.807, 2.05) is 16.7 Å². The van der Waals surface area contributed by atoms with Gasteiger partial charge in [-0.05, 0) is 18.4 Å². The number of aromatic nitrogens is 2. The molecular weight excluding hydrogens is 210 g/mol. The molecule has 3 nitrogen and oxygen atoms in total. The van der Waals surface area contributed by atoms with E-state index in [4.69, 9.17) is 5.73 Å². The van der Waals surface area contributed by atoms with Crippen LogP contribution < -0.4 is 5.73 Å². The van der Waals surface area contributed by atoms with Crippen molar-refractivity contribution < 1.29 is 0 Å². The second kappa shape index (κ2) is 5.34. The molecule has 0 unspecified atom stereocenters. The van der Waals surface area contributed by atoms with Crippen molar-refractivity contribution >= 4 is 5.82 Å². The van der Waals surface area contributed by atoms with E-state index in [1.54, 1.807) is 6.33 Å². The maximum atomic E-state index is 6.01. The SMILES string of the molecule is C=CCn1cnc(CCc2ccccc2)c1N. The van der Waals surface area contributed by atoms with Crippen molar-refractivity contribution in [1.82, 2.24) is 9.55 Å². The monoisotopic (exact) mass is 227 g/mol. The molecule has 0 saturated heterocycles. The summed E-state index contributed by atoms with van der Waals surface area (Å²) in [5.74, 6) is 0.751. The summed E-state index contributed by atoms with van der Waals surface area (Å²) in [6.07, 6.45) is 5.44. The fourth-order valence-corrected chi connectivity index (χ4v) is 1.82. The van der Waals surface area contributed by atoms with Crippen LogP contribution in [0.25, 0.3) is 0 Å². The van der Waals surface area contributed by atoms with Crippen LogP contribution in [0.1, 0.15) is 11.3 Å². The molecule has 3 heteroatoms. The number of nitrogens with zero attached hydrogens (tertiary/aromatic N) is 2. The molecule has 0 aliphatic heterocycles. The molecule has 1 aromatic carbocycles. The highest BCUT2D eigenvalue weighted by molar-refractivity contribution is 5.36. The van der Waals surface area contributed by atoms with Crippen LogP contribution in [0.15, 0.2) is 49.3 Å². The lowest BCUT2D eigenvalue weighted by Gasteiger charge is -2.02. The zero-order chi connectivity index (χ0) is 12.1. The van der Waals surface area contributed by atoms with Crippen LogP contribution in [0, 0.1) is 0 Å². The fraction of sp³-hybridized carbons (Fsp3) is 0.214. The standard InChI is InChI=1S/C14H17N3/c1-2-10-17-11-16-13(14(17)15)9-8-12-6-4-3-5-7-12/h2-7,11H,1,8-10,15H2. The zero-order valence-electron chi connectivity index (χ0n) is 9.84. The number of imidazole rings is 1. The number of rotatable bonds is 5. The van der Waals surface area contributed by atoms with Crippen LogP contribution >= 0.6 is 0 Å². The van der Waals surface area contributed by atoms with Crippen molar-refractivity contribution in [1.29, 1.82) is 0 Å².